The molecule has 1 atom stereocenters. The van der Waals surface area contributed by atoms with Gasteiger partial charge in [0.1, 0.15) is 0 Å². The van der Waals surface area contributed by atoms with Gasteiger partial charge in [-0.1, -0.05) is 30.1 Å². The van der Waals surface area contributed by atoms with E-state index in [1.165, 1.54) is 24.2 Å². The van der Waals surface area contributed by atoms with Crippen molar-refractivity contribution in [3.8, 4) is 0 Å². The van der Waals surface area contributed by atoms with Crippen LogP contribution in [0.1, 0.15) is 30.7 Å². The molecule has 72 valence electrons. The van der Waals surface area contributed by atoms with Gasteiger partial charge in [-0.05, 0) is 24.3 Å². The third kappa shape index (κ3) is 1.85. The van der Waals surface area contributed by atoms with Crippen molar-refractivity contribution in [1.29, 1.82) is 0 Å². The Morgan fingerprint density at radius 3 is 2.46 bits per heavy atom. The fourth-order valence-electron chi connectivity index (χ4n) is 1.35. The smallest absolute Gasteiger partial charge is 0.0991 e. The molecule has 1 unspecified atom stereocenters. The lowest BCUT2D eigenvalue weighted by Gasteiger charge is -2.15. The van der Waals surface area contributed by atoms with Crippen LogP contribution in [0.3, 0.4) is 0 Å². The molecule has 4 heteroatoms. The van der Waals surface area contributed by atoms with E-state index < -0.39 is 0 Å². The normalized spacial score (nSPS) is 21.5. The van der Waals surface area contributed by atoms with Gasteiger partial charge in [0.25, 0.3) is 0 Å². The van der Waals surface area contributed by atoms with Gasteiger partial charge < -0.3 is 0 Å². The molecule has 1 aliphatic rings. The maximum absolute atomic E-state index is 6.33. The van der Waals surface area contributed by atoms with E-state index in [9.17, 15) is 0 Å². The minimum Gasteiger partial charge on any atom is -0.117 e. The fraction of sp³-hybridized carbons (Fsp3) is 0.556. The molecule has 0 amide bonds. The number of thiophene rings is 1. The standard InChI is InChI=1S/C9H9Cl3S/c1-9(2-3-9)7(11)5-4-6(10)13-8(5)12/h4,7H,2-3H2,1H3. The van der Waals surface area contributed by atoms with E-state index in [0.717, 1.165) is 14.2 Å². The maximum atomic E-state index is 6.33. The Bertz CT molecular complexity index is 328. The van der Waals surface area contributed by atoms with E-state index in [1.807, 2.05) is 6.07 Å². The number of rotatable bonds is 2. The molecule has 1 aromatic rings. The molecular formula is C9H9Cl3S. The molecule has 0 aromatic carbocycles. The van der Waals surface area contributed by atoms with E-state index in [1.54, 1.807) is 0 Å². The highest BCUT2D eigenvalue weighted by Gasteiger charge is 2.45. The molecule has 0 saturated heterocycles. The first-order valence-electron chi connectivity index (χ1n) is 4.12. The second-order valence-corrected chi connectivity index (χ2v) is 6.52. The summed E-state index contributed by atoms with van der Waals surface area (Å²) in [4.78, 5) is 0. The second kappa shape index (κ2) is 3.30. The summed E-state index contributed by atoms with van der Waals surface area (Å²) in [5.74, 6) is 0. The van der Waals surface area contributed by atoms with Crippen LogP contribution in [-0.4, -0.2) is 0 Å². The van der Waals surface area contributed by atoms with Crippen molar-refractivity contribution in [2.75, 3.05) is 0 Å². The largest absolute Gasteiger partial charge is 0.117 e. The van der Waals surface area contributed by atoms with Gasteiger partial charge in [-0.2, -0.15) is 0 Å². The molecule has 13 heavy (non-hydrogen) atoms. The van der Waals surface area contributed by atoms with Gasteiger partial charge in [-0.25, -0.2) is 0 Å². The van der Waals surface area contributed by atoms with E-state index in [0.29, 0.717) is 0 Å². The highest BCUT2D eigenvalue weighted by atomic mass is 35.5. The maximum Gasteiger partial charge on any atom is 0.0991 e. The van der Waals surface area contributed by atoms with Crippen LogP contribution in [0.5, 0.6) is 0 Å². The summed E-state index contributed by atoms with van der Waals surface area (Å²) in [5, 5.41) is 0.0174. The highest BCUT2D eigenvalue weighted by Crippen LogP contribution is 2.59. The van der Waals surface area contributed by atoms with E-state index in [4.69, 9.17) is 34.8 Å². The first kappa shape index (κ1) is 10.1. The van der Waals surface area contributed by atoms with Crippen molar-refractivity contribution >= 4 is 46.1 Å². The summed E-state index contributed by atoms with van der Waals surface area (Å²) in [6.07, 6.45) is 2.37. The van der Waals surface area contributed by atoms with Crippen molar-refractivity contribution in [2.45, 2.75) is 25.1 Å². The molecule has 0 nitrogen and oxygen atoms in total. The molecular weight excluding hydrogens is 247 g/mol. The van der Waals surface area contributed by atoms with Crippen LogP contribution in [0, 0.1) is 5.41 Å². The summed E-state index contributed by atoms with van der Waals surface area (Å²) in [6.45, 7) is 2.19. The van der Waals surface area contributed by atoms with Crippen molar-refractivity contribution in [3.05, 3.63) is 20.3 Å². The topological polar surface area (TPSA) is 0 Å². The van der Waals surface area contributed by atoms with Crippen LogP contribution in [-0.2, 0) is 0 Å². The average molecular weight is 256 g/mol. The van der Waals surface area contributed by atoms with Crippen molar-refractivity contribution in [3.63, 3.8) is 0 Å². The zero-order valence-electron chi connectivity index (χ0n) is 7.11. The van der Waals surface area contributed by atoms with Gasteiger partial charge in [0.05, 0.1) is 14.0 Å². The third-order valence-electron chi connectivity index (χ3n) is 2.61. The highest BCUT2D eigenvalue weighted by molar-refractivity contribution is 7.20. The molecule has 1 aromatic heterocycles. The van der Waals surface area contributed by atoms with Gasteiger partial charge in [0.15, 0.2) is 0 Å². The van der Waals surface area contributed by atoms with E-state index >= 15 is 0 Å². The Morgan fingerprint density at radius 2 is 2.08 bits per heavy atom. The van der Waals surface area contributed by atoms with Gasteiger partial charge in [0.2, 0.25) is 0 Å². The molecule has 0 spiro atoms. The average Bonchev–Trinajstić information content (AvgIpc) is 2.71. The van der Waals surface area contributed by atoms with Crippen molar-refractivity contribution in [1.82, 2.24) is 0 Å². The van der Waals surface area contributed by atoms with Crippen LogP contribution in [0.2, 0.25) is 8.67 Å². The molecule has 0 radical (unpaired) electrons. The second-order valence-electron chi connectivity index (χ2n) is 3.80. The Labute approximate surface area is 96.8 Å². The van der Waals surface area contributed by atoms with Gasteiger partial charge in [-0.3, -0.25) is 0 Å². The monoisotopic (exact) mass is 254 g/mol. The molecule has 0 aliphatic heterocycles. The molecule has 1 saturated carbocycles. The molecule has 2 rings (SSSR count). The Hall–Kier alpha value is 0.570. The molecule has 0 bridgehead atoms. The van der Waals surface area contributed by atoms with Crippen LogP contribution in [0.25, 0.3) is 0 Å². The number of hydrogen-bond donors (Lipinski definition) is 0. The first-order chi connectivity index (χ1) is 6.03. The Balaban J connectivity index is 2.29. The summed E-state index contributed by atoms with van der Waals surface area (Å²) in [7, 11) is 0. The van der Waals surface area contributed by atoms with Crippen LogP contribution >= 0.6 is 46.1 Å². The van der Waals surface area contributed by atoms with Crippen LogP contribution in [0.15, 0.2) is 6.07 Å². The van der Waals surface area contributed by atoms with Gasteiger partial charge in [0, 0.05) is 5.56 Å². The zero-order valence-corrected chi connectivity index (χ0v) is 10.2. The van der Waals surface area contributed by atoms with E-state index in [2.05, 4.69) is 6.92 Å². The number of hydrogen-bond acceptors (Lipinski definition) is 1. The summed E-state index contributed by atoms with van der Waals surface area (Å²) >= 11 is 19.6. The predicted molar refractivity (Wildman–Crippen MR) is 60.3 cm³/mol. The predicted octanol–water partition coefficient (Wildman–Crippen LogP) is 5.13. The van der Waals surface area contributed by atoms with Crippen LogP contribution < -0.4 is 0 Å². The van der Waals surface area contributed by atoms with Crippen molar-refractivity contribution < 1.29 is 0 Å². The third-order valence-corrected chi connectivity index (χ3v) is 4.89. The quantitative estimate of drug-likeness (QED) is 0.642. The van der Waals surface area contributed by atoms with Gasteiger partial charge in [-0.15, -0.1) is 22.9 Å². The summed E-state index contributed by atoms with van der Waals surface area (Å²) in [5.41, 5.74) is 1.24. The minimum atomic E-state index is 0.0174. The molecule has 1 aliphatic carbocycles. The van der Waals surface area contributed by atoms with Crippen LogP contribution in [0.4, 0.5) is 0 Å². The summed E-state index contributed by atoms with van der Waals surface area (Å²) in [6, 6.07) is 1.88. The lowest BCUT2D eigenvalue weighted by molar-refractivity contribution is 0.550. The molecule has 1 heterocycles. The molecule has 1 fully saturated rings. The van der Waals surface area contributed by atoms with E-state index in [-0.39, 0.29) is 10.8 Å². The van der Waals surface area contributed by atoms with Gasteiger partial charge >= 0.3 is 0 Å². The first-order valence-corrected chi connectivity index (χ1v) is 6.13. The fourth-order valence-corrected chi connectivity index (χ4v) is 3.39. The lowest BCUT2D eigenvalue weighted by atomic mass is 10.0. The number of alkyl halides is 1. The SMILES string of the molecule is CC1(C(Cl)c2cc(Cl)sc2Cl)CC1. The zero-order chi connectivity index (χ0) is 9.64. The Kier molecular flexibility index (Phi) is 2.57. The van der Waals surface area contributed by atoms with Crippen molar-refractivity contribution in [2.24, 2.45) is 5.41 Å². The number of halogens is 3. The molecule has 0 N–H and O–H groups in total. The lowest BCUT2D eigenvalue weighted by Crippen LogP contribution is -2.02. The Morgan fingerprint density at radius 1 is 1.46 bits per heavy atom. The minimum absolute atomic E-state index is 0.0174. The summed E-state index contributed by atoms with van der Waals surface area (Å²) < 4.78 is 1.45.